The molecule has 0 heterocycles. The Labute approximate surface area is 103 Å². The zero-order valence-electron chi connectivity index (χ0n) is 9.28. The van der Waals surface area contributed by atoms with Crippen molar-refractivity contribution in [2.75, 3.05) is 6.16 Å². The van der Waals surface area contributed by atoms with E-state index >= 15 is 0 Å². The summed E-state index contributed by atoms with van der Waals surface area (Å²) in [5, 5.41) is 8.89. The van der Waals surface area contributed by atoms with E-state index in [1.165, 1.54) is 30.3 Å². The van der Waals surface area contributed by atoms with Crippen LogP contribution in [0.3, 0.4) is 0 Å². The molecular formula is C11H12FO5P. The minimum atomic E-state index is -4.24. The number of aliphatic carboxylic acids is 1. The molecule has 0 atom stereocenters. The third-order valence-electron chi connectivity index (χ3n) is 2.16. The van der Waals surface area contributed by atoms with E-state index in [4.69, 9.17) is 14.9 Å². The van der Waals surface area contributed by atoms with Crippen molar-refractivity contribution in [1.82, 2.24) is 0 Å². The molecule has 98 valence electrons. The second-order valence-corrected chi connectivity index (χ2v) is 5.44. The molecule has 3 N–H and O–H groups in total. The van der Waals surface area contributed by atoms with E-state index in [1.807, 2.05) is 0 Å². The molecule has 1 rings (SSSR count). The Bertz CT molecular complexity index is 503. The van der Waals surface area contributed by atoms with Gasteiger partial charge < -0.3 is 14.9 Å². The number of hydrogen-bond donors (Lipinski definition) is 3. The molecule has 0 fully saturated rings. The largest absolute Gasteiger partial charge is 0.478 e. The molecule has 0 unspecified atom stereocenters. The van der Waals surface area contributed by atoms with Crippen molar-refractivity contribution in [3.63, 3.8) is 0 Å². The lowest BCUT2D eigenvalue weighted by molar-refractivity contribution is -0.132. The van der Waals surface area contributed by atoms with E-state index in [1.54, 1.807) is 0 Å². The van der Waals surface area contributed by atoms with Crippen LogP contribution in [0.25, 0.3) is 6.08 Å². The number of rotatable bonds is 5. The van der Waals surface area contributed by atoms with Crippen LogP contribution < -0.4 is 0 Å². The van der Waals surface area contributed by atoms with Crippen LogP contribution in [0.2, 0.25) is 0 Å². The number of hydrogen-bond acceptors (Lipinski definition) is 2. The summed E-state index contributed by atoms with van der Waals surface area (Å²) in [6.07, 6.45) is 0.473. The first kappa shape index (κ1) is 14.6. The van der Waals surface area contributed by atoms with Gasteiger partial charge in [-0.05, 0) is 30.2 Å². The highest BCUT2D eigenvalue weighted by Gasteiger charge is 2.16. The van der Waals surface area contributed by atoms with Gasteiger partial charge in [0.05, 0.1) is 6.16 Å². The molecule has 0 aliphatic heterocycles. The molecule has 0 aromatic heterocycles. The first-order valence-electron chi connectivity index (χ1n) is 5.02. The van der Waals surface area contributed by atoms with Crippen molar-refractivity contribution >= 4 is 19.6 Å². The summed E-state index contributed by atoms with van der Waals surface area (Å²) in [5.41, 5.74) is 0.324. The summed E-state index contributed by atoms with van der Waals surface area (Å²) in [5.74, 6) is -1.70. The molecule has 0 amide bonds. The molecule has 0 saturated heterocycles. The maximum Gasteiger partial charge on any atom is 0.331 e. The fraction of sp³-hybridized carbons (Fsp3) is 0.182. The zero-order chi connectivity index (χ0) is 13.8. The van der Waals surface area contributed by atoms with Crippen LogP contribution >= 0.6 is 7.60 Å². The molecule has 0 spiro atoms. The molecular weight excluding hydrogens is 262 g/mol. The van der Waals surface area contributed by atoms with Crippen LogP contribution in [0.4, 0.5) is 4.39 Å². The molecule has 7 heteroatoms. The van der Waals surface area contributed by atoms with Gasteiger partial charge in [-0.1, -0.05) is 12.1 Å². The average molecular weight is 274 g/mol. The van der Waals surface area contributed by atoms with E-state index in [0.29, 0.717) is 5.56 Å². The quantitative estimate of drug-likeness (QED) is 0.562. The number of benzene rings is 1. The lowest BCUT2D eigenvalue weighted by Crippen LogP contribution is -2.03. The Hall–Kier alpha value is -1.49. The van der Waals surface area contributed by atoms with Gasteiger partial charge in [0.2, 0.25) is 0 Å². The van der Waals surface area contributed by atoms with Crippen molar-refractivity contribution in [1.29, 1.82) is 0 Å². The predicted molar refractivity (Wildman–Crippen MR) is 63.5 cm³/mol. The van der Waals surface area contributed by atoms with E-state index < -0.39 is 25.5 Å². The van der Waals surface area contributed by atoms with E-state index in [0.717, 1.165) is 0 Å². The monoisotopic (exact) mass is 274 g/mol. The summed E-state index contributed by atoms with van der Waals surface area (Å²) < 4.78 is 23.3. The van der Waals surface area contributed by atoms with Crippen molar-refractivity contribution in [2.45, 2.75) is 6.42 Å². The second kappa shape index (κ2) is 5.91. The Morgan fingerprint density at radius 1 is 1.28 bits per heavy atom. The fourth-order valence-electron chi connectivity index (χ4n) is 1.27. The molecule has 5 nitrogen and oxygen atoms in total. The molecule has 1 aromatic carbocycles. The first-order chi connectivity index (χ1) is 8.28. The van der Waals surface area contributed by atoms with Crippen molar-refractivity contribution < 1.29 is 28.6 Å². The van der Waals surface area contributed by atoms with E-state index in [-0.39, 0.29) is 12.0 Å². The minimum absolute atomic E-state index is 0.134. The Kier molecular flexibility index (Phi) is 4.78. The number of halogens is 1. The maximum atomic E-state index is 12.6. The molecule has 0 radical (unpaired) electrons. The number of carbonyl (C=O) groups is 1. The van der Waals surface area contributed by atoms with Crippen LogP contribution in [-0.4, -0.2) is 27.0 Å². The molecule has 1 aromatic rings. The molecule has 0 aliphatic rings. The average Bonchev–Trinajstić information content (AvgIpc) is 2.25. The van der Waals surface area contributed by atoms with E-state index in [9.17, 15) is 13.8 Å². The van der Waals surface area contributed by atoms with Gasteiger partial charge in [0, 0.05) is 5.57 Å². The first-order valence-corrected chi connectivity index (χ1v) is 6.82. The summed E-state index contributed by atoms with van der Waals surface area (Å²) in [7, 11) is -4.24. The molecule has 0 aliphatic carbocycles. The number of carboxylic acids is 1. The second-order valence-electron chi connectivity index (χ2n) is 3.66. The normalized spacial score (nSPS) is 12.5. The van der Waals surface area contributed by atoms with Gasteiger partial charge in [-0.25, -0.2) is 9.18 Å². The third kappa shape index (κ3) is 5.23. The molecule has 0 saturated carbocycles. The standard InChI is InChI=1S/C11H12FO5P/c12-10-3-1-8(2-4-10)7-9(11(13)14)5-6-18(15,16)17/h1-4,7H,5-6H2,(H,13,14)(H2,15,16,17)/b9-7+. The highest BCUT2D eigenvalue weighted by Crippen LogP contribution is 2.36. The van der Waals surface area contributed by atoms with E-state index in [2.05, 4.69) is 0 Å². The highest BCUT2D eigenvalue weighted by atomic mass is 31.2. The lowest BCUT2D eigenvalue weighted by Gasteiger charge is -2.04. The maximum absolute atomic E-state index is 12.6. The highest BCUT2D eigenvalue weighted by molar-refractivity contribution is 7.51. The van der Waals surface area contributed by atoms with Crippen LogP contribution in [0.5, 0.6) is 0 Å². The Morgan fingerprint density at radius 2 is 1.83 bits per heavy atom. The molecule has 18 heavy (non-hydrogen) atoms. The lowest BCUT2D eigenvalue weighted by atomic mass is 10.1. The van der Waals surface area contributed by atoms with Gasteiger partial charge in [0.15, 0.2) is 0 Å². The van der Waals surface area contributed by atoms with Gasteiger partial charge in [0.1, 0.15) is 5.82 Å². The zero-order valence-corrected chi connectivity index (χ0v) is 10.2. The van der Waals surface area contributed by atoms with Gasteiger partial charge in [-0.15, -0.1) is 0 Å². The third-order valence-corrected chi connectivity index (χ3v) is 2.96. The van der Waals surface area contributed by atoms with Crippen LogP contribution in [0.1, 0.15) is 12.0 Å². The Balaban J connectivity index is 2.88. The summed E-state index contributed by atoms with van der Waals surface area (Å²) >= 11 is 0. The fourth-order valence-corrected chi connectivity index (χ4v) is 1.80. The Morgan fingerprint density at radius 3 is 2.28 bits per heavy atom. The SMILES string of the molecule is O=C(O)/C(=C/c1ccc(F)cc1)CCP(=O)(O)O. The molecule has 0 bridgehead atoms. The summed E-state index contributed by atoms with van der Waals surface area (Å²) in [6, 6.07) is 5.12. The predicted octanol–water partition coefficient (Wildman–Crippen LogP) is 1.86. The minimum Gasteiger partial charge on any atom is -0.478 e. The van der Waals surface area contributed by atoms with Gasteiger partial charge >= 0.3 is 13.6 Å². The topological polar surface area (TPSA) is 94.8 Å². The van der Waals surface area contributed by atoms with Crippen LogP contribution in [0.15, 0.2) is 29.8 Å². The van der Waals surface area contributed by atoms with Crippen molar-refractivity contribution in [2.24, 2.45) is 0 Å². The van der Waals surface area contributed by atoms with Gasteiger partial charge in [-0.3, -0.25) is 4.57 Å². The van der Waals surface area contributed by atoms with Crippen LogP contribution in [0, 0.1) is 5.82 Å². The number of carboxylic acid groups (broad SMARTS) is 1. The van der Waals surface area contributed by atoms with Crippen LogP contribution in [-0.2, 0) is 9.36 Å². The van der Waals surface area contributed by atoms with Crippen molar-refractivity contribution in [3.05, 3.63) is 41.2 Å². The smallest absolute Gasteiger partial charge is 0.331 e. The van der Waals surface area contributed by atoms with Gasteiger partial charge in [0.25, 0.3) is 0 Å². The summed E-state index contributed by atoms with van der Waals surface area (Å²) in [4.78, 5) is 28.3. The summed E-state index contributed by atoms with van der Waals surface area (Å²) in [6.45, 7) is 0. The van der Waals surface area contributed by atoms with Crippen molar-refractivity contribution in [3.8, 4) is 0 Å². The van der Waals surface area contributed by atoms with Gasteiger partial charge in [-0.2, -0.15) is 0 Å².